The van der Waals surface area contributed by atoms with Gasteiger partial charge in [0.2, 0.25) is 0 Å². The Morgan fingerprint density at radius 1 is 1.61 bits per heavy atom. The van der Waals surface area contributed by atoms with Crippen LogP contribution in [0, 0.1) is 0 Å². The minimum atomic E-state index is -0.613. The van der Waals surface area contributed by atoms with E-state index in [1.54, 1.807) is 25.1 Å². The molecular weight excluding hydrogens is 272 g/mol. The van der Waals surface area contributed by atoms with Crippen LogP contribution < -0.4 is 15.8 Å². The number of hydrogen-bond donors (Lipinski definition) is 2. The van der Waals surface area contributed by atoms with Gasteiger partial charge in [-0.15, -0.1) is 0 Å². The minimum absolute atomic E-state index is 0.188. The van der Waals surface area contributed by atoms with Gasteiger partial charge in [-0.1, -0.05) is 23.8 Å². The van der Waals surface area contributed by atoms with Crippen molar-refractivity contribution >= 4 is 34.7 Å². The molecule has 0 aromatic heterocycles. The smallest absolute Gasteiger partial charge is 0.260 e. The number of likely N-dealkylation sites (N-methyl/N-ethyl adjacent to an activating group) is 1. The SMILES string of the molecule is CCNC(=O)C(C)Oc1ccc(C(N)=S)cc1Cl. The summed E-state index contributed by atoms with van der Waals surface area (Å²) in [5.74, 6) is 0.238. The number of rotatable bonds is 5. The molecule has 3 N–H and O–H groups in total. The molecule has 0 aliphatic rings. The van der Waals surface area contributed by atoms with Crippen LogP contribution in [0.5, 0.6) is 5.75 Å². The van der Waals surface area contributed by atoms with Crippen LogP contribution in [-0.4, -0.2) is 23.5 Å². The lowest BCUT2D eigenvalue weighted by molar-refractivity contribution is -0.127. The Bertz CT molecular complexity index is 465. The quantitative estimate of drug-likeness (QED) is 0.811. The fourth-order valence-electron chi connectivity index (χ4n) is 1.31. The predicted octanol–water partition coefficient (Wildman–Crippen LogP) is 1.88. The van der Waals surface area contributed by atoms with Crippen molar-refractivity contribution in [3.8, 4) is 5.75 Å². The molecule has 1 unspecified atom stereocenters. The molecule has 1 atom stereocenters. The highest BCUT2D eigenvalue weighted by atomic mass is 35.5. The molecule has 18 heavy (non-hydrogen) atoms. The van der Waals surface area contributed by atoms with Gasteiger partial charge in [0.25, 0.3) is 5.91 Å². The van der Waals surface area contributed by atoms with Gasteiger partial charge in [-0.05, 0) is 32.0 Å². The van der Waals surface area contributed by atoms with Gasteiger partial charge in [0, 0.05) is 12.1 Å². The number of nitrogens with two attached hydrogens (primary N) is 1. The van der Waals surface area contributed by atoms with E-state index in [1.165, 1.54) is 0 Å². The topological polar surface area (TPSA) is 64.3 Å². The van der Waals surface area contributed by atoms with Gasteiger partial charge in [-0.25, -0.2) is 0 Å². The van der Waals surface area contributed by atoms with E-state index in [2.05, 4.69) is 5.32 Å². The van der Waals surface area contributed by atoms with Crippen LogP contribution in [0.2, 0.25) is 5.02 Å². The Morgan fingerprint density at radius 3 is 2.78 bits per heavy atom. The van der Waals surface area contributed by atoms with Crippen molar-refractivity contribution in [3.63, 3.8) is 0 Å². The fraction of sp³-hybridized carbons (Fsp3) is 0.333. The minimum Gasteiger partial charge on any atom is -0.479 e. The molecule has 1 aromatic carbocycles. The van der Waals surface area contributed by atoms with E-state index in [1.807, 2.05) is 6.92 Å². The molecule has 1 amide bonds. The van der Waals surface area contributed by atoms with Crippen LogP contribution in [0.25, 0.3) is 0 Å². The summed E-state index contributed by atoms with van der Waals surface area (Å²) >= 11 is 10.9. The van der Waals surface area contributed by atoms with Crippen molar-refractivity contribution in [2.75, 3.05) is 6.54 Å². The van der Waals surface area contributed by atoms with Gasteiger partial charge in [-0.3, -0.25) is 4.79 Å². The third kappa shape index (κ3) is 3.85. The summed E-state index contributed by atoms with van der Waals surface area (Å²) in [6.07, 6.45) is -0.613. The van der Waals surface area contributed by atoms with E-state index < -0.39 is 6.10 Å². The summed E-state index contributed by atoms with van der Waals surface area (Å²) in [5, 5.41) is 3.04. The Hall–Kier alpha value is -1.33. The first kappa shape index (κ1) is 14.7. The fourth-order valence-corrected chi connectivity index (χ4v) is 1.66. The second-order valence-corrected chi connectivity index (χ2v) is 4.51. The predicted molar refractivity (Wildman–Crippen MR) is 76.1 cm³/mol. The van der Waals surface area contributed by atoms with Crippen molar-refractivity contribution in [1.82, 2.24) is 5.32 Å². The molecule has 0 aliphatic heterocycles. The highest BCUT2D eigenvalue weighted by Gasteiger charge is 2.15. The first-order chi connectivity index (χ1) is 8.45. The van der Waals surface area contributed by atoms with Crippen LogP contribution in [0.3, 0.4) is 0 Å². The van der Waals surface area contributed by atoms with E-state index >= 15 is 0 Å². The Morgan fingerprint density at radius 2 is 2.28 bits per heavy atom. The van der Waals surface area contributed by atoms with E-state index in [9.17, 15) is 4.79 Å². The van der Waals surface area contributed by atoms with Crippen LogP contribution in [-0.2, 0) is 4.79 Å². The lowest BCUT2D eigenvalue weighted by Crippen LogP contribution is -2.36. The molecule has 6 heteroatoms. The van der Waals surface area contributed by atoms with E-state index in [0.29, 0.717) is 22.9 Å². The maximum Gasteiger partial charge on any atom is 0.260 e. The lowest BCUT2D eigenvalue weighted by Gasteiger charge is -2.15. The molecule has 0 bridgehead atoms. The van der Waals surface area contributed by atoms with Crippen molar-refractivity contribution < 1.29 is 9.53 Å². The normalized spacial score (nSPS) is 11.7. The monoisotopic (exact) mass is 286 g/mol. The van der Waals surface area contributed by atoms with Gasteiger partial charge in [0.1, 0.15) is 10.7 Å². The second kappa shape index (κ2) is 6.56. The summed E-state index contributed by atoms with van der Waals surface area (Å²) in [6, 6.07) is 4.96. The molecule has 0 saturated carbocycles. The summed E-state index contributed by atoms with van der Waals surface area (Å²) in [7, 11) is 0. The van der Waals surface area contributed by atoms with Gasteiger partial charge < -0.3 is 15.8 Å². The van der Waals surface area contributed by atoms with E-state index in [-0.39, 0.29) is 10.9 Å². The number of thiocarbonyl (C=S) groups is 1. The summed E-state index contributed by atoms with van der Waals surface area (Å²) in [4.78, 5) is 11.8. The molecular formula is C12H15ClN2O2S. The van der Waals surface area contributed by atoms with Crippen LogP contribution in [0.15, 0.2) is 18.2 Å². The Balaban J connectivity index is 2.79. The molecule has 0 fully saturated rings. The van der Waals surface area contributed by atoms with Gasteiger partial charge >= 0.3 is 0 Å². The number of ether oxygens (including phenoxy) is 1. The first-order valence-corrected chi connectivity index (χ1v) is 6.28. The zero-order valence-corrected chi connectivity index (χ0v) is 11.8. The van der Waals surface area contributed by atoms with E-state index in [4.69, 9.17) is 34.3 Å². The lowest BCUT2D eigenvalue weighted by atomic mass is 10.2. The summed E-state index contributed by atoms with van der Waals surface area (Å²) in [5.41, 5.74) is 6.15. The standard InChI is InChI=1S/C12H15ClN2O2S/c1-3-15-12(16)7(2)17-10-5-4-8(11(14)18)6-9(10)13/h4-7H,3H2,1-2H3,(H2,14,18)(H,15,16). The van der Waals surface area contributed by atoms with E-state index in [0.717, 1.165) is 0 Å². The largest absolute Gasteiger partial charge is 0.479 e. The summed E-state index contributed by atoms with van der Waals surface area (Å²) in [6.45, 7) is 4.05. The molecule has 0 heterocycles. The molecule has 0 saturated heterocycles. The van der Waals surface area contributed by atoms with Crippen molar-refractivity contribution in [3.05, 3.63) is 28.8 Å². The maximum absolute atomic E-state index is 11.5. The number of hydrogen-bond acceptors (Lipinski definition) is 3. The van der Waals surface area contributed by atoms with Crippen molar-refractivity contribution in [1.29, 1.82) is 0 Å². The van der Waals surface area contributed by atoms with Gasteiger partial charge in [0.15, 0.2) is 6.10 Å². The van der Waals surface area contributed by atoms with Crippen LogP contribution in [0.1, 0.15) is 19.4 Å². The molecule has 1 aromatic rings. The molecule has 0 radical (unpaired) electrons. The molecule has 98 valence electrons. The van der Waals surface area contributed by atoms with Crippen LogP contribution >= 0.6 is 23.8 Å². The second-order valence-electron chi connectivity index (χ2n) is 3.66. The molecule has 0 spiro atoms. The highest BCUT2D eigenvalue weighted by molar-refractivity contribution is 7.80. The average Bonchev–Trinajstić information content (AvgIpc) is 2.31. The summed E-state index contributed by atoms with van der Waals surface area (Å²) < 4.78 is 5.47. The zero-order valence-electron chi connectivity index (χ0n) is 10.2. The molecule has 4 nitrogen and oxygen atoms in total. The third-order valence-corrected chi connectivity index (χ3v) is 2.77. The molecule has 1 rings (SSSR count). The zero-order chi connectivity index (χ0) is 13.7. The van der Waals surface area contributed by atoms with Crippen molar-refractivity contribution in [2.24, 2.45) is 5.73 Å². The van der Waals surface area contributed by atoms with Gasteiger partial charge in [-0.2, -0.15) is 0 Å². The molecule has 0 aliphatic carbocycles. The Labute approximate surface area is 116 Å². The number of carbonyl (C=O) groups excluding carboxylic acids is 1. The number of carbonyl (C=O) groups is 1. The maximum atomic E-state index is 11.5. The highest BCUT2D eigenvalue weighted by Crippen LogP contribution is 2.26. The number of amides is 1. The third-order valence-electron chi connectivity index (χ3n) is 2.24. The van der Waals surface area contributed by atoms with Crippen molar-refractivity contribution in [2.45, 2.75) is 20.0 Å². The average molecular weight is 287 g/mol. The Kier molecular flexibility index (Phi) is 5.37. The number of benzene rings is 1. The number of nitrogens with one attached hydrogen (secondary N) is 1. The number of halogens is 1. The van der Waals surface area contributed by atoms with Gasteiger partial charge in [0.05, 0.1) is 5.02 Å². The first-order valence-electron chi connectivity index (χ1n) is 5.49. The van der Waals surface area contributed by atoms with Crippen LogP contribution in [0.4, 0.5) is 0 Å².